The van der Waals surface area contributed by atoms with Crippen LogP contribution in [0.25, 0.3) is 0 Å². The number of hydrogen-bond acceptors (Lipinski definition) is 2. The van der Waals surface area contributed by atoms with E-state index >= 15 is 0 Å². The molecule has 0 aliphatic rings. The van der Waals surface area contributed by atoms with E-state index in [4.69, 9.17) is 11.2 Å². The predicted molar refractivity (Wildman–Crippen MR) is 67.5 cm³/mol. The molecule has 0 aliphatic heterocycles. The van der Waals surface area contributed by atoms with E-state index in [0.29, 0.717) is 6.61 Å². The second kappa shape index (κ2) is 6.92. The van der Waals surface area contributed by atoms with Crippen molar-refractivity contribution in [3.63, 3.8) is 0 Å². The van der Waals surface area contributed by atoms with Gasteiger partial charge in [-0.05, 0) is 26.5 Å². The number of hydrogen-bond donors (Lipinski definition) is 1. The van der Waals surface area contributed by atoms with Gasteiger partial charge in [-0.15, -0.1) is 12.3 Å². The molecule has 2 heteroatoms. The Morgan fingerprint density at radius 3 is 2.94 bits per heavy atom. The van der Waals surface area contributed by atoms with Gasteiger partial charge in [-0.2, -0.15) is 0 Å². The number of unbranched alkanes of at least 4 members (excludes halogenated alkanes) is 1. The predicted octanol–water partition coefficient (Wildman–Crippen LogP) is 2.51. The molecule has 0 heterocycles. The Kier molecular flexibility index (Phi) is 5.45. The maximum Gasteiger partial charge on any atom is 0.123 e. The van der Waals surface area contributed by atoms with E-state index in [0.717, 1.165) is 25.1 Å². The molecule has 2 nitrogen and oxygen atoms in total. The Labute approximate surface area is 98.0 Å². The van der Waals surface area contributed by atoms with Crippen LogP contribution < -0.4 is 10.1 Å². The highest BCUT2D eigenvalue weighted by molar-refractivity contribution is 5.36. The summed E-state index contributed by atoms with van der Waals surface area (Å²) in [5, 5.41) is 3.14. The van der Waals surface area contributed by atoms with Crippen LogP contribution in [-0.2, 0) is 6.54 Å². The summed E-state index contributed by atoms with van der Waals surface area (Å²) in [5.41, 5.74) is 2.45. The lowest BCUT2D eigenvalue weighted by atomic mass is 10.1. The minimum atomic E-state index is 0.684. The lowest BCUT2D eigenvalue weighted by Gasteiger charge is -2.11. The number of terminal acetylenes is 1. The SMILES string of the molecule is C#CCCCOc1ccc(C)cc1CNC. The zero-order valence-electron chi connectivity index (χ0n) is 10.0. The summed E-state index contributed by atoms with van der Waals surface area (Å²) in [6.45, 7) is 3.59. The van der Waals surface area contributed by atoms with Crippen LogP contribution in [0.15, 0.2) is 18.2 Å². The molecule has 1 N–H and O–H groups in total. The minimum Gasteiger partial charge on any atom is -0.493 e. The topological polar surface area (TPSA) is 21.3 Å². The van der Waals surface area contributed by atoms with Crippen LogP contribution in [0, 0.1) is 19.3 Å². The molecule has 1 aromatic carbocycles. The molecule has 0 bridgehead atoms. The molecular weight excluding hydrogens is 198 g/mol. The first kappa shape index (κ1) is 12.6. The van der Waals surface area contributed by atoms with Crippen LogP contribution in [0.1, 0.15) is 24.0 Å². The Morgan fingerprint density at radius 2 is 2.25 bits per heavy atom. The van der Waals surface area contributed by atoms with Crippen molar-refractivity contribution in [1.29, 1.82) is 0 Å². The summed E-state index contributed by atoms with van der Waals surface area (Å²) in [6, 6.07) is 6.24. The van der Waals surface area contributed by atoms with Crippen molar-refractivity contribution in [2.24, 2.45) is 0 Å². The highest BCUT2D eigenvalue weighted by Gasteiger charge is 2.02. The zero-order valence-corrected chi connectivity index (χ0v) is 10.0. The molecule has 16 heavy (non-hydrogen) atoms. The molecule has 0 saturated heterocycles. The Balaban J connectivity index is 2.60. The third-order valence-electron chi connectivity index (χ3n) is 2.31. The van der Waals surface area contributed by atoms with Crippen LogP contribution in [0.3, 0.4) is 0 Å². The van der Waals surface area contributed by atoms with Gasteiger partial charge in [-0.3, -0.25) is 0 Å². The minimum absolute atomic E-state index is 0.684. The van der Waals surface area contributed by atoms with E-state index in [1.807, 2.05) is 13.1 Å². The molecular formula is C14H19NO. The number of ether oxygens (including phenoxy) is 1. The first-order valence-electron chi connectivity index (χ1n) is 5.58. The van der Waals surface area contributed by atoms with Gasteiger partial charge in [0.1, 0.15) is 5.75 Å². The fourth-order valence-corrected chi connectivity index (χ4v) is 1.53. The summed E-state index contributed by atoms with van der Waals surface area (Å²) in [7, 11) is 1.93. The monoisotopic (exact) mass is 217 g/mol. The standard InChI is InChI=1S/C14H19NO/c1-4-5-6-9-16-14-8-7-12(2)10-13(14)11-15-3/h1,7-8,10,15H,5-6,9,11H2,2-3H3. The van der Waals surface area contributed by atoms with Crippen molar-refractivity contribution in [3.8, 4) is 18.1 Å². The molecule has 1 aromatic rings. The van der Waals surface area contributed by atoms with Crippen LogP contribution in [-0.4, -0.2) is 13.7 Å². The second-order valence-electron chi connectivity index (χ2n) is 3.80. The van der Waals surface area contributed by atoms with Gasteiger partial charge in [0.2, 0.25) is 0 Å². The van der Waals surface area contributed by atoms with Crippen LogP contribution in [0.4, 0.5) is 0 Å². The third kappa shape index (κ3) is 3.96. The van der Waals surface area contributed by atoms with Crippen molar-refractivity contribution >= 4 is 0 Å². The summed E-state index contributed by atoms with van der Waals surface area (Å²) >= 11 is 0. The average molecular weight is 217 g/mol. The van der Waals surface area contributed by atoms with E-state index in [1.165, 1.54) is 11.1 Å². The molecule has 0 aliphatic carbocycles. The van der Waals surface area contributed by atoms with E-state index in [-0.39, 0.29) is 0 Å². The number of aryl methyl sites for hydroxylation is 1. The van der Waals surface area contributed by atoms with Gasteiger partial charge in [-0.25, -0.2) is 0 Å². The van der Waals surface area contributed by atoms with Crippen LogP contribution >= 0.6 is 0 Å². The number of benzene rings is 1. The fraction of sp³-hybridized carbons (Fsp3) is 0.429. The Bertz CT molecular complexity index is 365. The molecule has 0 fully saturated rings. The van der Waals surface area contributed by atoms with Gasteiger partial charge in [0.05, 0.1) is 6.61 Å². The summed E-state index contributed by atoms with van der Waals surface area (Å²) < 4.78 is 5.71. The lowest BCUT2D eigenvalue weighted by Crippen LogP contribution is -2.08. The van der Waals surface area contributed by atoms with Gasteiger partial charge in [-0.1, -0.05) is 17.7 Å². The molecule has 0 amide bonds. The molecule has 0 aromatic heterocycles. The molecule has 0 spiro atoms. The van der Waals surface area contributed by atoms with E-state index in [1.54, 1.807) is 0 Å². The molecule has 0 atom stereocenters. The van der Waals surface area contributed by atoms with Crippen molar-refractivity contribution in [2.45, 2.75) is 26.3 Å². The largest absolute Gasteiger partial charge is 0.493 e. The Hall–Kier alpha value is -1.46. The van der Waals surface area contributed by atoms with Crippen molar-refractivity contribution in [1.82, 2.24) is 5.32 Å². The Morgan fingerprint density at radius 1 is 1.44 bits per heavy atom. The van der Waals surface area contributed by atoms with Crippen molar-refractivity contribution in [3.05, 3.63) is 29.3 Å². The summed E-state index contributed by atoms with van der Waals surface area (Å²) in [4.78, 5) is 0. The lowest BCUT2D eigenvalue weighted by molar-refractivity contribution is 0.309. The fourth-order valence-electron chi connectivity index (χ4n) is 1.53. The van der Waals surface area contributed by atoms with Crippen molar-refractivity contribution < 1.29 is 4.74 Å². The highest BCUT2D eigenvalue weighted by atomic mass is 16.5. The highest BCUT2D eigenvalue weighted by Crippen LogP contribution is 2.20. The van der Waals surface area contributed by atoms with Gasteiger partial charge in [0.15, 0.2) is 0 Å². The molecule has 0 saturated carbocycles. The van der Waals surface area contributed by atoms with E-state index in [2.05, 4.69) is 30.3 Å². The van der Waals surface area contributed by atoms with Gasteiger partial charge in [0.25, 0.3) is 0 Å². The second-order valence-corrected chi connectivity index (χ2v) is 3.80. The molecule has 1 rings (SSSR count). The number of nitrogens with one attached hydrogen (secondary N) is 1. The van der Waals surface area contributed by atoms with Crippen LogP contribution in [0.2, 0.25) is 0 Å². The maximum atomic E-state index is 5.71. The van der Waals surface area contributed by atoms with Crippen LogP contribution in [0.5, 0.6) is 5.75 Å². The summed E-state index contributed by atoms with van der Waals surface area (Å²) in [6.07, 6.45) is 6.87. The first-order chi connectivity index (χ1) is 7.77. The van der Waals surface area contributed by atoms with Gasteiger partial charge >= 0.3 is 0 Å². The quantitative estimate of drug-likeness (QED) is 0.584. The average Bonchev–Trinajstić information content (AvgIpc) is 2.27. The molecule has 0 unspecified atom stereocenters. The molecule has 0 radical (unpaired) electrons. The number of rotatable bonds is 6. The smallest absolute Gasteiger partial charge is 0.123 e. The third-order valence-corrected chi connectivity index (χ3v) is 2.31. The zero-order chi connectivity index (χ0) is 11.8. The van der Waals surface area contributed by atoms with E-state index in [9.17, 15) is 0 Å². The maximum absolute atomic E-state index is 5.71. The van der Waals surface area contributed by atoms with Gasteiger partial charge < -0.3 is 10.1 Å². The summed E-state index contributed by atoms with van der Waals surface area (Å²) in [5.74, 6) is 3.57. The van der Waals surface area contributed by atoms with Gasteiger partial charge in [0, 0.05) is 18.5 Å². The normalized spacial score (nSPS) is 9.81. The van der Waals surface area contributed by atoms with E-state index < -0.39 is 0 Å². The molecule has 86 valence electrons. The van der Waals surface area contributed by atoms with Crippen molar-refractivity contribution in [2.75, 3.05) is 13.7 Å². The first-order valence-corrected chi connectivity index (χ1v) is 5.58.